The highest BCUT2D eigenvalue weighted by Gasteiger charge is 2.15. The number of methoxy groups -OCH3 is 3. The number of carbonyl (C=O) groups is 5. The lowest BCUT2D eigenvalue weighted by atomic mass is 10.2. The summed E-state index contributed by atoms with van der Waals surface area (Å²) in [4.78, 5) is 53.8. The molecule has 0 radical (unpaired) electrons. The van der Waals surface area contributed by atoms with E-state index >= 15 is 0 Å². The zero-order chi connectivity index (χ0) is 28.1. The van der Waals surface area contributed by atoms with Crippen LogP contribution in [0.25, 0.3) is 0 Å². The van der Waals surface area contributed by atoms with E-state index in [1.807, 2.05) is 0 Å². The predicted octanol–water partition coefficient (Wildman–Crippen LogP) is 2.90. The Bertz CT molecular complexity index is 867. The van der Waals surface area contributed by atoms with Gasteiger partial charge in [-0.3, -0.25) is 9.59 Å². The fourth-order valence-electron chi connectivity index (χ4n) is 1.85. The Balaban J connectivity index is 0. The number of rotatable bonds is 10. The van der Waals surface area contributed by atoms with Crippen LogP contribution in [0.2, 0.25) is 10.0 Å². The SMILES string of the molecule is CNC(=O)/C=C\N(C=O)CCC(COC(=O)c1ccc(Cl)c(Cl)c1)OC.COC(=O)O.COC(=O)O. The maximum atomic E-state index is 12.0. The topological polar surface area (TPSA) is 178 Å². The molecule has 0 heterocycles. The van der Waals surface area contributed by atoms with Crippen LogP contribution < -0.4 is 5.32 Å². The second-order valence-electron chi connectivity index (χ2n) is 6.09. The van der Waals surface area contributed by atoms with Crippen molar-refractivity contribution in [1.29, 1.82) is 0 Å². The summed E-state index contributed by atoms with van der Waals surface area (Å²) >= 11 is 11.7. The van der Waals surface area contributed by atoms with Crippen molar-refractivity contribution >= 4 is 53.8 Å². The van der Waals surface area contributed by atoms with E-state index in [-0.39, 0.29) is 23.1 Å². The summed E-state index contributed by atoms with van der Waals surface area (Å²) in [6, 6.07) is 4.44. The van der Waals surface area contributed by atoms with Gasteiger partial charge in [0.2, 0.25) is 12.3 Å². The van der Waals surface area contributed by atoms with E-state index in [0.717, 1.165) is 14.2 Å². The minimum atomic E-state index is -1.25. The minimum Gasteiger partial charge on any atom is -0.459 e. The van der Waals surface area contributed by atoms with Crippen LogP contribution in [0.1, 0.15) is 16.8 Å². The molecule has 13 nitrogen and oxygen atoms in total. The molecule has 1 atom stereocenters. The van der Waals surface area contributed by atoms with Crippen LogP contribution in [0.5, 0.6) is 0 Å². The maximum absolute atomic E-state index is 12.0. The van der Waals surface area contributed by atoms with Gasteiger partial charge in [-0.1, -0.05) is 23.2 Å². The molecule has 1 rings (SSSR count). The summed E-state index contributed by atoms with van der Waals surface area (Å²) in [7, 11) is 5.16. The van der Waals surface area contributed by atoms with Crippen molar-refractivity contribution < 1.29 is 53.1 Å². The number of benzene rings is 1. The maximum Gasteiger partial charge on any atom is 0.505 e. The number of hydrogen-bond donors (Lipinski definition) is 3. The van der Waals surface area contributed by atoms with Crippen molar-refractivity contribution in [2.75, 3.05) is 41.5 Å². The lowest BCUT2D eigenvalue weighted by Gasteiger charge is -2.18. The molecule has 0 aromatic heterocycles. The molecule has 3 N–H and O–H groups in total. The van der Waals surface area contributed by atoms with Gasteiger partial charge in [-0.2, -0.15) is 0 Å². The van der Waals surface area contributed by atoms with Gasteiger partial charge in [0, 0.05) is 33.0 Å². The summed E-state index contributed by atoms with van der Waals surface area (Å²) in [6.07, 6.45) is 0.684. The molecular weight excluding hydrogens is 527 g/mol. The fourth-order valence-corrected chi connectivity index (χ4v) is 2.14. The Morgan fingerprint density at radius 3 is 2.03 bits per heavy atom. The molecule has 1 aromatic rings. The normalized spacial score (nSPS) is 10.4. The quantitative estimate of drug-likeness (QED) is 0.167. The van der Waals surface area contributed by atoms with Crippen LogP contribution >= 0.6 is 23.2 Å². The molecule has 0 fully saturated rings. The molecule has 2 amide bonds. The fraction of sp³-hybridized carbons (Fsp3) is 0.381. The Morgan fingerprint density at radius 2 is 1.61 bits per heavy atom. The van der Waals surface area contributed by atoms with Crippen LogP contribution in [0, 0.1) is 0 Å². The predicted molar refractivity (Wildman–Crippen MR) is 128 cm³/mol. The first kappa shape index (κ1) is 34.6. The average Bonchev–Trinajstić information content (AvgIpc) is 2.87. The highest BCUT2D eigenvalue weighted by molar-refractivity contribution is 6.42. The van der Waals surface area contributed by atoms with Gasteiger partial charge >= 0.3 is 18.3 Å². The van der Waals surface area contributed by atoms with Gasteiger partial charge in [-0.05, 0) is 24.6 Å². The van der Waals surface area contributed by atoms with Gasteiger partial charge in [0.15, 0.2) is 0 Å². The Hall–Kier alpha value is -3.55. The molecule has 0 bridgehead atoms. The van der Waals surface area contributed by atoms with Crippen LogP contribution in [0.3, 0.4) is 0 Å². The van der Waals surface area contributed by atoms with E-state index in [9.17, 15) is 14.4 Å². The van der Waals surface area contributed by atoms with Gasteiger partial charge < -0.3 is 39.4 Å². The van der Waals surface area contributed by atoms with Crippen molar-refractivity contribution in [3.8, 4) is 0 Å². The first-order chi connectivity index (χ1) is 16.9. The number of amides is 2. The van der Waals surface area contributed by atoms with Crippen molar-refractivity contribution in [2.45, 2.75) is 12.5 Å². The molecule has 15 heteroatoms. The van der Waals surface area contributed by atoms with Crippen LogP contribution in [-0.4, -0.2) is 93.3 Å². The number of esters is 1. The Morgan fingerprint density at radius 1 is 1.06 bits per heavy atom. The summed E-state index contributed by atoms with van der Waals surface area (Å²) in [5.41, 5.74) is 0.275. The van der Waals surface area contributed by atoms with Gasteiger partial charge in [-0.15, -0.1) is 0 Å². The molecule has 0 saturated heterocycles. The first-order valence-electron chi connectivity index (χ1n) is 9.75. The van der Waals surface area contributed by atoms with Crippen LogP contribution in [0.4, 0.5) is 9.59 Å². The number of ether oxygens (including phenoxy) is 4. The van der Waals surface area contributed by atoms with E-state index in [1.54, 1.807) is 0 Å². The number of likely N-dealkylation sites (N-methyl/N-ethyl adjacent to an activating group) is 1. The smallest absolute Gasteiger partial charge is 0.459 e. The molecule has 1 unspecified atom stereocenters. The molecular formula is C21H28Cl2N2O11. The Kier molecular flexibility index (Phi) is 20.0. The summed E-state index contributed by atoms with van der Waals surface area (Å²) in [5, 5.41) is 18.0. The van der Waals surface area contributed by atoms with Crippen LogP contribution in [-0.2, 0) is 28.5 Å². The molecule has 0 aliphatic rings. The molecule has 1 aromatic carbocycles. The second-order valence-corrected chi connectivity index (χ2v) is 6.90. The number of nitrogens with zero attached hydrogens (tertiary/aromatic N) is 1. The lowest BCUT2D eigenvalue weighted by molar-refractivity contribution is -0.116. The van der Waals surface area contributed by atoms with Crippen LogP contribution in [0.15, 0.2) is 30.5 Å². The highest BCUT2D eigenvalue weighted by atomic mass is 35.5. The summed E-state index contributed by atoms with van der Waals surface area (Å²) in [6.45, 7) is 0.293. The molecule has 202 valence electrons. The van der Waals surface area contributed by atoms with Crippen molar-refractivity contribution in [3.05, 3.63) is 46.1 Å². The first-order valence-corrected chi connectivity index (χ1v) is 10.5. The van der Waals surface area contributed by atoms with Crippen molar-refractivity contribution in [3.63, 3.8) is 0 Å². The molecule has 0 spiro atoms. The van der Waals surface area contributed by atoms with Crippen molar-refractivity contribution in [1.82, 2.24) is 10.2 Å². The number of carboxylic acid groups (broad SMARTS) is 2. The van der Waals surface area contributed by atoms with Gasteiger partial charge in [-0.25, -0.2) is 14.4 Å². The third-order valence-corrected chi connectivity index (χ3v) is 4.49. The van der Waals surface area contributed by atoms with E-state index in [4.69, 9.17) is 52.5 Å². The van der Waals surface area contributed by atoms with E-state index in [0.29, 0.717) is 24.4 Å². The summed E-state index contributed by atoms with van der Waals surface area (Å²) < 4.78 is 17.8. The highest BCUT2D eigenvalue weighted by Crippen LogP contribution is 2.23. The summed E-state index contributed by atoms with van der Waals surface area (Å²) in [5.74, 6) is -0.881. The number of halogens is 2. The van der Waals surface area contributed by atoms with Crippen molar-refractivity contribution in [2.24, 2.45) is 0 Å². The minimum absolute atomic E-state index is 0.00142. The number of hydrogen-bond acceptors (Lipinski definition) is 9. The third-order valence-electron chi connectivity index (χ3n) is 3.75. The molecule has 0 aliphatic heterocycles. The zero-order valence-corrected chi connectivity index (χ0v) is 21.4. The number of carbonyl (C=O) groups excluding carboxylic acids is 3. The monoisotopic (exact) mass is 554 g/mol. The Labute approximate surface area is 217 Å². The molecule has 0 saturated carbocycles. The molecule has 0 aliphatic carbocycles. The largest absolute Gasteiger partial charge is 0.505 e. The lowest BCUT2D eigenvalue weighted by Crippen LogP contribution is -2.27. The standard InChI is InChI=1S/C17H20Cl2N2O5.2C2H4O3/c1-20-16(23)6-8-21(11-22)7-5-13(25-2)10-26-17(24)12-3-4-14(18)15(19)9-12;2*1-5-2(3)4/h3-4,6,8-9,11,13H,5,7,10H2,1-2H3,(H,20,23);2*1H3,(H,3,4)/b8-6-;;. The second kappa shape index (κ2) is 20.8. The van der Waals surface area contributed by atoms with E-state index < -0.39 is 24.4 Å². The average molecular weight is 555 g/mol. The van der Waals surface area contributed by atoms with E-state index in [2.05, 4.69) is 14.8 Å². The van der Waals surface area contributed by atoms with E-state index in [1.165, 1.54) is 49.5 Å². The number of nitrogens with one attached hydrogen (secondary N) is 1. The van der Waals surface area contributed by atoms with Gasteiger partial charge in [0.25, 0.3) is 0 Å². The van der Waals surface area contributed by atoms with Gasteiger partial charge in [0.05, 0.1) is 35.9 Å². The third kappa shape index (κ3) is 17.9. The van der Waals surface area contributed by atoms with Gasteiger partial charge in [0.1, 0.15) is 6.61 Å². The molecule has 36 heavy (non-hydrogen) atoms. The zero-order valence-electron chi connectivity index (χ0n) is 19.9.